The molecule has 4 aromatic rings. The first-order valence-corrected chi connectivity index (χ1v) is 18.6. The van der Waals surface area contributed by atoms with E-state index in [0.29, 0.717) is 4.90 Å². The molecule has 270 valence electrons. The summed E-state index contributed by atoms with van der Waals surface area (Å²) in [5.74, 6) is -5.43. The number of carbonyl (C=O) groups excluding carboxylic acids is 4. The second-order valence-electron chi connectivity index (χ2n) is 10.5. The summed E-state index contributed by atoms with van der Waals surface area (Å²) in [6, 6.07) is 0. The van der Waals surface area contributed by atoms with Crippen LogP contribution in [0.25, 0.3) is 0 Å². The smallest absolute Gasteiger partial charge is 0.267 e. The third-order valence-corrected chi connectivity index (χ3v) is 13.6. The van der Waals surface area contributed by atoms with E-state index >= 15 is 0 Å². The standard InChI is InChI=1S/C30H6Cl14N2O6/c1-3-8(31)14(37)15(38)22(9(3)32)46-29(49)5-7(30(46)50)13(36)24(17(40)11(5)34)52-26-20(43)18(41)25(19(42)21(26)44)51-23-12(35)6-4(10(33)16(23)39)27(47)45(2)28(6)48/h1-2H3. The SMILES string of the molecule is Cc1c(Cl)c(Cl)c(Cl)c(N2C(=O)c3c(Cl)c(Cl)c(Oc4c(Cl)c(Cl)c(Oc5c(Cl)c(Cl)c6c(c5Cl)C(=O)N(C)C6=O)c(Cl)c4Cl)c(Cl)c3C2=O)c1Cl. The number of fused-ring (bicyclic) bond motifs is 2. The molecule has 0 saturated heterocycles. The predicted molar refractivity (Wildman–Crippen MR) is 208 cm³/mol. The molecule has 8 nitrogen and oxygen atoms in total. The molecule has 2 aliphatic rings. The fourth-order valence-corrected chi connectivity index (χ4v) is 8.89. The highest BCUT2D eigenvalue weighted by molar-refractivity contribution is 6.56. The normalized spacial score (nSPS) is 13.8. The van der Waals surface area contributed by atoms with Gasteiger partial charge in [-0.1, -0.05) is 162 Å². The van der Waals surface area contributed by atoms with Crippen molar-refractivity contribution in [1.82, 2.24) is 4.90 Å². The van der Waals surface area contributed by atoms with Crippen LogP contribution in [-0.4, -0.2) is 35.6 Å². The van der Waals surface area contributed by atoms with Crippen LogP contribution >= 0.6 is 162 Å². The first kappa shape index (κ1) is 40.5. The van der Waals surface area contributed by atoms with Gasteiger partial charge in [0.25, 0.3) is 23.6 Å². The number of amides is 4. The van der Waals surface area contributed by atoms with Crippen LogP contribution in [0.15, 0.2) is 0 Å². The maximum absolute atomic E-state index is 13.9. The molecule has 0 bridgehead atoms. The number of hydrogen-bond donors (Lipinski definition) is 0. The van der Waals surface area contributed by atoms with Crippen LogP contribution in [0.2, 0.25) is 70.3 Å². The van der Waals surface area contributed by atoms with Crippen molar-refractivity contribution >= 4 is 192 Å². The number of benzene rings is 4. The number of ether oxygens (including phenoxy) is 2. The largest absolute Gasteiger partial charge is 0.451 e. The van der Waals surface area contributed by atoms with Crippen molar-refractivity contribution < 1.29 is 28.7 Å². The Labute approximate surface area is 361 Å². The summed E-state index contributed by atoms with van der Waals surface area (Å²) < 4.78 is 11.7. The molecule has 0 spiro atoms. The van der Waals surface area contributed by atoms with Crippen LogP contribution < -0.4 is 14.4 Å². The van der Waals surface area contributed by atoms with E-state index in [1.165, 1.54) is 14.0 Å². The van der Waals surface area contributed by atoms with Gasteiger partial charge >= 0.3 is 0 Å². The minimum atomic E-state index is -1.04. The van der Waals surface area contributed by atoms with Crippen molar-refractivity contribution in [3.05, 3.63) is 98.1 Å². The van der Waals surface area contributed by atoms with E-state index in [1.807, 2.05) is 0 Å². The van der Waals surface area contributed by atoms with E-state index in [-0.39, 0.29) is 52.5 Å². The Bertz CT molecular complexity index is 2380. The van der Waals surface area contributed by atoms with E-state index in [4.69, 9.17) is 172 Å². The quantitative estimate of drug-likeness (QED) is 0.112. The van der Waals surface area contributed by atoms with Gasteiger partial charge in [-0.3, -0.25) is 24.1 Å². The molecule has 4 amide bonds. The third-order valence-electron chi connectivity index (χ3n) is 7.71. The van der Waals surface area contributed by atoms with Gasteiger partial charge in [-0.15, -0.1) is 0 Å². The van der Waals surface area contributed by atoms with E-state index in [1.54, 1.807) is 0 Å². The van der Waals surface area contributed by atoms with Gasteiger partial charge in [0.15, 0.2) is 23.0 Å². The molecular weight excluding hydrogens is 981 g/mol. The van der Waals surface area contributed by atoms with Crippen LogP contribution in [0.4, 0.5) is 5.69 Å². The van der Waals surface area contributed by atoms with Crippen molar-refractivity contribution in [2.75, 3.05) is 11.9 Å². The first-order valence-electron chi connectivity index (χ1n) is 13.3. The average Bonchev–Trinajstić information content (AvgIpc) is 3.50. The van der Waals surface area contributed by atoms with Crippen molar-refractivity contribution in [2.24, 2.45) is 0 Å². The van der Waals surface area contributed by atoms with Crippen molar-refractivity contribution in [2.45, 2.75) is 6.92 Å². The summed E-state index contributed by atoms with van der Waals surface area (Å²) in [6.45, 7) is 1.49. The number of carbonyl (C=O) groups is 4. The predicted octanol–water partition coefficient (Wildman–Crippen LogP) is 14.8. The van der Waals surface area contributed by atoms with Gasteiger partial charge in [-0.25, -0.2) is 4.90 Å². The highest BCUT2D eigenvalue weighted by Gasteiger charge is 2.46. The second-order valence-corrected chi connectivity index (χ2v) is 15.8. The number of anilines is 1. The van der Waals surface area contributed by atoms with E-state index in [2.05, 4.69) is 0 Å². The second kappa shape index (κ2) is 14.4. The zero-order chi connectivity index (χ0) is 38.7. The molecule has 0 aromatic heterocycles. The van der Waals surface area contributed by atoms with Crippen LogP contribution in [0, 0.1) is 6.92 Å². The Morgan fingerprint density at radius 1 is 0.365 bits per heavy atom. The fraction of sp³-hybridized carbons (Fsp3) is 0.0667. The lowest BCUT2D eigenvalue weighted by atomic mass is 10.1. The first-order chi connectivity index (χ1) is 24.2. The van der Waals surface area contributed by atoms with Crippen molar-refractivity contribution in [3.63, 3.8) is 0 Å². The van der Waals surface area contributed by atoms with Gasteiger partial charge in [0.1, 0.15) is 30.1 Å². The summed E-state index contributed by atoms with van der Waals surface area (Å²) in [7, 11) is 1.22. The lowest BCUT2D eigenvalue weighted by Gasteiger charge is -2.20. The lowest BCUT2D eigenvalue weighted by Crippen LogP contribution is -2.30. The molecule has 0 aliphatic carbocycles. The molecule has 0 radical (unpaired) electrons. The van der Waals surface area contributed by atoms with Gasteiger partial charge < -0.3 is 9.47 Å². The maximum atomic E-state index is 13.9. The Balaban J connectivity index is 1.45. The highest BCUT2D eigenvalue weighted by atomic mass is 35.5. The van der Waals surface area contributed by atoms with Crippen LogP contribution in [0.1, 0.15) is 47.0 Å². The number of halogens is 14. The number of rotatable bonds is 5. The summed E-state index contributed by atoms with van der Waals surface area (Å²) >= 11 is 90.5. The molecule has 0 fully saturated rings. The maximum Gasteiger partial charge on any atom is 0.267 e. The zero-order valence-corrected chi connectivity index (χ0v) is 35.2. The minimum absolute atomic E-state index is 0.00369. The van der Waals surface area contributed by atoms with Gasteiger partial charge in [0, 0.05) is 7.05 Å². The number of hydrogen-bond acceptors (Lipinski definition) is 6. The summed E-state index contributed by atoms with van der Waals surface area (Å²) in [5, 5.41) is -5.06. The van der Waals surface area contributed by atoms with E-state index in [0.717, 1.165) is 4.90 Å². The summed E-state index contributed by atoms with van der Waals surface area (Å²) in [5.41, 5.74) is -1.49. The molecule has 6 rings (SSSR count). The molecule has 2 heterocycles. The Hall–Kier alpha value is -1.18. The molecule has 52 heavy (non-hydrogen) atoms. The Morgan fingerprint density at radius 3 is 1.08 bits per heavy atom. The molecule has 22 heteroatoms. The third kappa shape index (κ3) is 5.79. The molecule has 4 aromatic carbocycles. The van der Waals surface area contributed by atoms with Crippen molar-refractivity contribution in [1.29, 1.82) is 0 Å². The molecule has 0 unspecified atom stereocenters. The summed E-state index contributed by atoms with van der Waals surface area (Å²) in [4.78, 5) is 54.3. The van der Waals surface area contributed by atoms with Gasteiger partial charge in [0.2, 0.25) is 0 Å². The highest BCUT2D eigenvalue weighted by Crippen LogP contribution is 2.58. The van der Waals surface area contributed by atoms with E-state index < -0.39 is 97.9 Å². The van der Waals surface area contributed by atoms with Gasteiger partial charge in [-0.05, 0) is 12.5 Å². The molecule has 0 atom stereocenters. The van der Waals surface area contributed by atoms with Crippen LogP contribution in [0.5, 0.6) is 23.0 Å². The van der Waals surface area contributed by atoms with E-state index in [9.17, 15) is 19.2 Å². The Morgan fingerprint density at radius 2 is 0.673 bits per heavy atom. The monoisotopic (exact) mass is 980 g/mol. The topological polar surface area (TPSA) is 93.2 Å². The molecule has 0 saturated carbocycles. The number of imide groups is 2. The lowest BCUT2D eigenvalue weighted by molar-refractivity contribution is 0.0692. The van der Waals surface area contributed by atoms with Crippen molar-refractivity contribution in [3.8, 4) is 23.0 Å². The van der Waals surface area contributed by atoms with Crippen LogP contribution in [-0.2, 0) is 0 Å². The zero-order valence-electron chi connectivity index (χ0n) is 24.6. The molecule has 2 aliphatic heterocycles. The van der Waals surface area contributed by atoms with Crippen LogP contribution in [0.3, 0.4) is 0 Å². The summed E-state index contributed by atoms with van der Waals surface area (Å²) in [6.07, 6.45) is 0. The fourth-order valence-electron chi connectivity index (χ4n) is 5.11. The van der Waals surface area contributed by atoms with Gasteiger partial charge in [0.05, 0.1) is 68.1 Å². The molecule has 0 N–H and O–H groups in total. The Kier molecular flexibility index (Phi) is 11.2. The minimum Gasteiger partial charge on any atom is -0.451 e. The average molecular weight is 987 g/mol. The van der Waals surface area contributed by atoms with Gasteiger partial charge in [-0.2, -0.15) is 0 Å². The molecular formula is C30H6Cl14N2O6. The number of nitrogens with zero attached hydrogens (tertiary/aromatic N) is 2.